The van der Waals surface area contributed by atoms with E-state index in [9.17, 15) is 4.79 Å². The second-order valence-corrected chi connectivity index (χ2v) is 4.91. The molecule has 1 heterocycles. The lowest BCUT2D eigenvalue weighted by Gasteiger charge is -2.00. The molecule has 1 aromatic heterocycles. The summed E-state index contributed by atoms with van der Waals surface area (Å²) < 4.78 is 6.10. The van der Waals surface area contributed by atoms with Gasteiger partial charge >= 0.3 is 0 Å². The summed E-state index contributed by atoms with van der Waals surface area (Å²) >= 11 is 3.35. The van der Waals surface area contributed by atoms with Gasteiger partial charge in [0.25, 0.3) is 0 Å². The highest BCUT2D eigenvalue weighted by atomic mass is 79.9. The Kier molecular flexibility index (Phi) is 5.32. The molecule has 1 aromatic carbocycles. The van der Waals surface area contributed by atoms with Gasteiger partial charge in [-0.1, -0.05) is 28.1 Å². The molecule has 1 amide bonds. The average Bonchev–Trinajstić information content (AvgIpc) is 2.94. The van der Waals surface area contributed by atoms with E-state index < -0.39 is 0 Å². The van der Waals surface area contributed by atoms with Crippen molar-refractivity contribution in [3.05, 3.63) is 64.5 Å². The molecule has 4 nitrogen and oxygen atoms in total. The highest BCUT2D eigenvalue weighted by molar-refractivity contribution is 9.10. The van der Waals surface area contributed by atoms with E-state index in [1.807, 2.05) is 30.3 Å². The summed E-state index contributed by atoms with van der Waals surface area (Å²) in [6.07, 6.45) is 6.84. The van der Waals surface area contributed by atoms with Crippen molar-refractivity contribution in [2.24, 2.45) is 5.10 Å². The Morgan fingerprint density at radius 2 is 2.10 bits per heavy atom. The van der Waals surface area contributed by atoms with Gasteiger partial charge in [-0.05, 0) is 42.0 Å². The summed E-state index contributed by atoms with van der Waals surface area (Å²) in [4.78, 5) is 11.6. The predicted molar refractivity (Wildman–Crippen MR) is 82.2 cm³/mol. The van der Waals surface area contributed by atoms with Gasteiger partial charge in [-0.15, -0.1) is 0 Å². The molecule has 0 radical (unpaired) electrons. The van der Waals surface area contributed by atoms with Gasteiger partial charge in [0.15, 0.2) is 0 Å². The Labute approximate surface area is 125 Å². The number of hydrogen-bond donors (Lipinski definition) is 1. The Balaban J connectivity index is 1.76. The van der Waals surface area contributed by atoms with Gasteiger partial charge in [-0.25, -0.2) is 5.43 Å². The van der Waals surface area contributed by atoms with Gasteiger partial charge in [0.05, 0.1) is 12.7 Å². The lowest BCUT2D eigenvalue weighted by molar-refractivity contribution is -0.120. The number of amides is 1. The summed E-state index contributed by atoms with van der Waals surface area (Å²) in [5, 5.41) is 3.82. The lowest BCUT2D eigenvalue weighted by Crippen LogP contribution is -2.19. The van der Waals surface area contributed by atoms with Crippen LogP contribution in [0.25, 0.3) is 6.08 Å². The Bertz CT molecular complexity index is 601. The number of carbonyl (C=O) groups is 1. The minimum Gasteiger partial charge on any atom is -0.465 e. The summed E-state index contributed by atoms with van der Waals surface area (Å²) in [6.45, 7) is 0. The van der Waals surface area contributed by atoms with Crippen LogP contribution in [0.1, 0.15) is 11.3 Å². The van der Waals surface area contributed by atoms with Crippen molar-refractivity contribution < 1.29 is 9.21 Å². The molecule has 5 heteroatoms. The predicted octanol–water partition coefficient (Wildman–Crippen LogP) is 3.40. The second-order valence-electron chi connectivity index (χ2n) is 3.99. The molecule has 0 aliphatic carbocycles. The topological polar surface area (TPSA) is 54.6 Å². The molecule has 0 fully saturated rings. The number of nitrogens with zero attached hydrogens (tertiary/aromatic N) is 1. The van der Waals surface area contributed by atoms with E-state index in [2.05, 4.69) is 26.5 Å². The molecule has 102 valence electrons. The van der Waals surface area contributed by atoms with Crippen LogP contribution < -0.4 is 5.43 Å². The summed E-state index contributed by atoms with van der Waals surface area (Å²) in [7, 11) is 0. The summed E-state index contributed by atoms with van der Waals surface area (Å²) in [6, 6.07) is 11.2. The zero-order chi connectivity index (χ0) is 14.2. The van der Waals surface area contributed by atoms with Crippen molar-refractivity contribution in [3.63, 3.8) is 0 Å². The third-order valence-electron chi connectivity index (χ3n) is 2.43. The quantitative estimate of drug-likeness (QED) is 0.673. The Hall–Kier alpha value is -2.14. The fraction of sp³-hybridized carbons (Fsp3) is 0.0667. The molecule has 20 heavy (non-hydrogen) atoms. The van der Waals surface area contributed by atoms with Crippen molar-refractivity contribution in [1.82, 2.24) is 5.43 Å². The molecule has 0 spiro atoms. The van der Waals surface area contributed by atoms with Crippen LogP contribution in [0.4, 0.5) is 0 Å². The van der Waals surface area contributed by atoms with Gasteiger partial charge < -0.3 is 4.42 Å². The van der Waals surface area contributed by atoms with Crippen LogP contribution in [0, 0.1) is 0 Å². The molecular weight excluding hydrogens is 320 g/mol. The minimum absolute atomic E-state index is 0.157. The van der Waals surface area contributed by atoms with E-state index in [1.165, 1.54) is 6.21 Å². The zero-order valence-corrected chi connectivity index (χ0v) is 12.2. The first kappa shape index (κ1) is 14.3. The third kappa shape index (κ3) is 4.85. The van der Waals surface area contributed by atoms with Crippen LogP contribution >= 0.6 is 15.9 Å². The highest BCUT2D eigenvalue weighted by Gasteiger charge is 2.01. The molecule has 0 aliphatic rings. The van der Waals surface area contributed by atoms with E-state index in [1.54, 1.807) is 24.5 Å². The number of furan rings is 1. The van der Waals surface area contributed by atoms with E-state index >= 15 is 0 Å². The van der Waals surface area contributed by atoms with Crippen LogP contribution in [0.3, 0.4) is 0 Å². The number of halogens is 1. The average molecular weight is 333 g/mol. The van der Waals surface area contributed by atoms with E-state index in [0.717, 1.165) is 15.8 Å². The molecule has 2 rings (SSSR count). The molecule has 0 aliphatic heterocycles. The summed E-state index contributed by atoms with van der Waals surface area (Å²) in [5.74, 6) is 0.576. The van der Waals surface area contributed by atoms with Crippen LogP contribution in [0.5, 0.6) is 0 Å². The molecule has 0 atom stereocenters. The first-order valence-corrected chi connectivity index (χ1v) is 6.80. The molecule has 1 N–H and O–H groups in total. The first-order chi connectivity index (χ1) is 9.74. The normalized spacial score (nSPS) is 11.2. The van der Waals surface area contributed by atoms with Crippen molar-refractivity contribution in [1.29, 1.82) is 0 Å². The van der Waals surface area contributed by atoms with E-state index in [0.29, 0.717) is 6.42 Å². The molecule has 0 unspecified atom stereocenters. The third-order valence-corrected chi connectivity index (χ3v) is 2.96. The summed E-state index contributed by atoms with van der Waals surface area (Å²) in [5.41, 5.74) is 3.40. The lowest BCUT2D eigenvalue weighted by atomic mass is 10.1. The minimum atomic E-state index is -0.157. The Morgan fingerprint density at radius 1 is 1.30 bits per heavy atom. The number of carbonyl (C=O) groups excluding carboxylic acids is 1. The first-order valence-electron chi connectivity index (χ1n) is 6.00. The van der Waals surface area contributed by atoms with Gasteiger partial charge in [0, 0.05) is 10.7 Å². The SMILES string of the molecule is O=C(Cc1ccc(Br)cc1)N/N=C\C=C\c1ccco1. The van der Waals surface area contributed by atoms with Gasteiger partial charge in [0.1, 0.15) is 5.76 Å². The number of rotatable bonds is 5. The number of allylic oxidation sites excluding steroid dienone is 1. The molecular formula is C15H13BrN2O2. The smallest absolute Gasteiger partial charge is 0.244 e. The van der Waals surface area contributed by atoms with E-state index in [-0.39, 0.29) is 5.91 Å². The fourth-order valence-corrected chi connectivity index (χ4v) is 1.77. The highest BCUT2D eigenvalue weighted by Crippen LogP contribution is 2.10. The van der Waals surface area contributed by atoms with Gasteiger partial charge in [-0.2, -0.15) is 5.10 Å². The number of benzene rings is 1. The fourth-order valence-electron chi connectivity index (χ4n) is 1.50. The largest absolute Gasteiger partial charge is 0.465 e. The van der Waals surface area contributed by atoms with Crippen LogP contribution in [0.2, 0.25) is 0 Å². The standard InChI is InChI=1S/C15H13BrN2O2/c16-13-7-5-12(6-8-13)11-15(19)18-17-9-1-3-14-4-2-10-20-14/h1-10H,11H2,(H,18,19)/b3-1+,17-9-. The molecule has 0 bridgehead atoms. The van der Waals surface area contributed by atoms with Crippen molar-refractivity contribution in [3.8, 4) is 0 Å². The van der Waals surface area contributed by atoms with Gasteiger partial charge in [-0.3, -0.25) is 4.79 Å². The molecule has 0 saturated carbocycles. The number of hydrogen-bond acceptors (Lipinski definition) is 3. The van der Waals surface area contributed by atoms with Crippen molar-refractivity contribution in [2.75, 3.05) is 0 Å². The maximum absolute atomic E-state index is 11.6. The monoisotopic (exact) mass is 332 g/mol. The number of nitrogens with one attached hydrogen (secondary N) is 1. The van der Waals surface area contributed by atoms with Gasteiger partial charge in [0.2, 0.25) is 5.91 Å². The van der Waals surface area contributed by atoms with Crippen molar-refractivity contribution in [2.45, 2.75) is 6.42 Å². The van der Waals surface area contributed by atoms with Crippen LogP contribution in [0.15, 0.2) is 62.7 Å². The number of hydrazone groups is 1. The maximum Gasteiger partial charge on any atom is 0.244 e. The maximum atomic E-state index is 11.6. The van der Waals surface area contributed by atoms with Crippen molar-refractivity contribution >= 4 is 34.1 Å². The van der Waals surface area contributed by atoms with Crippen LogP contribution in [-0.2, 0) is 11.2 Å². The zero-order valence-electron chi connectivity index (χ0n) is 10.6. The molecule has 2 aromatic rings. The van der Waals surface area contributed by atoms with E-state index in [4.69, 9.17) is 4.42 Å². The Morgan fingerprint density at radius 3 is 2.80 bits per heavy atom. The van der Waals surface area contributed by atoms with Crippen LogP contribution in [-0.4, -0.2) is 12.1 Å². The second kappa shape index (κ2) is 7.45. The molecule has 0 saturated heterocycles.